The quantitative estimate of drug-likeness (QED) is 0.525. The molecule has 0 radical (unpaired) electrons. The fourth-order valence-corrected chi connectivity index (χ4v) is 2.77. The third-order valence-electron chi connectivity index (χ3n) is 3.95. The van der Waals surface area contributed by atoms with Crippen molar-refractivity contribution in [2.45, 2.75) is 26.3 Å². The van der Waals surface area contributed by atoms with E-state index in [0.29, 0.717) is 31.2 Å². The van der Waals surface area contributed by atoms with Gasteiger partial charge in [0.15, 0.2) is 5.96 Å². The Labute approximate surface area is 136 Å². The maximum absolute atomic E-state index is 13.7. The van der Waals surface area contributed by atoms with Crippen LogP contribution in [0, 0.1) is 11.7 Å². The summed E-state index contributed by atoms with van der Waals surface area (Å²) >= 11 is 0. The summed E-state index contributed by atoms with van der Waals surface area (Å²) in [6.45, 7) is 3.98. The lowest BCUT2D eigenvalue weighted by Gasteiger charge is -2.34. The van der Waals surface area contributed by atoms with Crippen molar-refractivity contribution in [3.05, 3.63) is 35.6 Å². The topological polar surface area (TPSA) is 53.9 Å². The highest BCUT2D eigenvalue weighted by Gasteiger charge is 2.28. The van der Waals surface area contributed by atoms with Crippen molar-refractivity contribution in [3.63, 3.8) is 0 Å². The van der Waals surface area contributed by atoms with Gasteiger partial charge in [0.25, 0.3) is 0 Å². The molecule has 0 saturated carbocycles. The molecule has 23 heavy (non-hydrogen) atoms. The molecule has 1 aromatic rings. The number of ether oxygens (including phenoxy) is 1. The monoisotopic (exact) mass is 321 g/mol. The van der Waals surface area contributed by atoms with E-state index in [4.69, 9.17) is 4.74 Å². The zero-order chi connectivity index (χ0) is 16.7. The Balaban J connectivity index is 1.95. The lowest BCUT2D eigenvalue weighted by molar-refractivity contribution is -0.149. The SMILES string of the molecule is CCOC(=O)C1CCCN(C(=NC)NCc2ccccc2F)C1. The molecule has 1 aliphatic rings. The van der Waals surface area contributed by atoms with E-state index in [-0.39, 0.29) is 17.7 Å². The van der Waals surface area contributed by atoms with Gasteiger partial charge in [0.2, 0.25) is 0 Å². The van der Waals surface area contributed by atoms with E-state index in [9.17, 15) is 9.18 Å². The third kappa shape index (κ3) is 4.68. The van der Waals surface area contributed by atoms with Gasteiger partial charge in [-0.15, -0.1) is 0 Å². The van der Waals surface area contributed by atoms with Crippen LogP contribution in [-0.4, -0.2) is 43.6 Å². The minimum atomic E-state index is -0.238. The number of halogens is 1. The highest BCUT2D eigenvalue weighted by Crippen LogP contribution is 2.18. The smallest absolute Gasteiger partial charge is 0.310 e. The van der Waals surface area contributed by atoms with E-state index in [2.05, 4.69) is 10.3 Å². The number of benzene rings is 1. The van der Waals surface area contributed by atoms with E-state index < -0.39 is 0 Å². The largest absolute Gasteiger partial charge is 0.466 e. The van der Waals surface area contributed by atoms with E-state index in [1.165, 1.54) is 6.07 Å². The van der Waals surface area contributed by atoms with Crippen LogP contribution in [0.15, 0.2) is 29.3 Å². The van der Waals surface area contributed by atoms with Gasteiger partial charge in [0.1, 0.15) is 5.82 Å². The molecule has 1 saturated heterocycles. The Morgan fingerprint density at radius 2 is 2.26 bits per heavy atom. The summed E-state index contributed by atoms with van der Waals surface area (Å²) in [5.74, 6) is 0.165. The summed E-state index contributed by atoms with van der Waals surface area (Å²) in [7, 11) is 1.69. The number of nitrogens with zero attached hydrogens (tertiary/aromatic N) is 2. The first-order chi connectivity index (χ1) is 11.2. The second kappa shape index (κ2) is 8.50. The number of hydrogen-bond donors (Lipinski definition) is 1. The van der Waals surface area contributed by atoms with E-state index >= 15 is 0 Å². The van der Waals surface area contributed by atoms with Crippen LogP contribution in [-0.2, 0) is 16.1 Å². The number of esters is 1. The second-order valence-electron chi connectivity index (χ2n) is 5.53. The standard InChI is InChI=1S/C17H24FN3O2/c1-3-23-16(22)14-8-6-10-21(12-14)17(19-2)20-11-13-7-4-5-9-15(13)18/h4-5,7,9,14H,3,6,8,10-12H2,1-2H3,(H,19,20). The zero-order valence-electron chi connectivity index (χ0n) is 13.7. The fraction of sp³-hybridized carbons (Fsp3) is 0.529. The van der Waals surface area contributed by atoms with Crippen molar-refractivity contribution in [2.24, 2.45) is 10.9 Å². The van der Waals surface area contributed by atoms with E-state index in [1.807, 2.05) is 11.8 Å². The molecule has 1 aromatic carbocycles. The molecule has 1 atom stereocenters. The molecule has 1 aliphatic heterocycles. The molecule has 5 nitrogen and oxygen atoms in total. The first kappa shape index (κ1) is 17.2. The van der Waals surface area contributed by atoms with Gasteiger partial charge in [0, 0.05) is 32.2 Å². The maximum atomic E-state index is 13.7. The minimum absolute atomic E-state index is 0.129. The number of likely N-dealkylation sites (tertiary alicyclic amines) is 1. The molecule has 0 bridgehead atoms. The van der Waals surface area contributed by atoms with Gasteiger partial charge < -0.3 is 15.0 Å². The Morgan fingerprint density at radius 1 is 1.48 bits per heavy atom. The van der Waals surface area contributed by atoms with Crippen LogP contribution < -0.4 is 5.32 Å². The van der Waals surface area contributed by atoms with Crippen LogP contribution in [0.1, 0.15) is 25.3 Å². The van der Waals surface area contributed by atoms with Crippen LogP contribution in [0.25, 0.3) is 0 Å². The third-order valence-corrected chi connectivity index (χ3v) is 3.95. The lowest BCUT2D eigenvalue weighted by Crippen LogP contribution is -2.48. The Hall–Kier alpha value is -2.11. The highest BCUT2D eigenvalue weighted by molar-refractivity contribution is 5.81. The zero-order valence-corrected chi connectivity index (χ0v) is 13.7. The molecule has 1 heterocycles. The van der Waals surface area contributed by atoms with Crippen molar-refractivity contribution < 1.29 is 13.9 Å². The molecule has 2 rings (SSSR count). The fourth-order valence-electron chi connectivity index (χ4n) is 2.77. The molecule has 0 spiro atoms. The Bertz CT molecular complexity index is 563. The van der Waals surface area contributed by atoms with Gasteiger partial charge in [0.05, 0.1) is 12.5 Å². The van der Waals surface area contributed by atoms with Crippen LogP contribution in [0.2, 0.25) is 0 Å². The predicted octanol–water partition coefficient (Wildman–Crippen LogP) is 2.18. The number of nitrogens with one attached hydrogen (secondary N) is 1. The Kier molecular flexibility index (Phi) is 6.38. The van der Waals surface area contributed by atoms with Gasteiger partial charge in [-0.05, 0) is 25.8 Å². The van der Waals surface area contributed by atoms with Gasteiger partial charge in [-0.2, -0.15) is 0 Å². The van der Waals surface area contributed by atoms with Gasteiger partial charge in [-0.25, -0.2) is 4.39 Å². The summed E-state index contributed by atoms with van der Waals surface area (Å²) in [6.07, 6.45) is 1.74. The van der Waals surface area contributed by atoms with Crippen LogP contribution >= 0.6 is 0 Å². The number of rotatable bonds is 4. The molecular formula is C17H24FN3O2. The molecule has 1 unspecified atom stereocenters. The van der Waals surface area contributed by atoms with Gasteiger partial charge in [-0.1, -0.05) is 18.2 Å². The first-order valence-electron chi connectivity index (χ1n) is 8.01. The molecule has 126 valence electrons. The number of hydrogen-bond acceptors (Lipinski definition) is 3. The van der Waals surface area contributed by atoms with Gasteiger partial charge in [-0.3, -0.25) is 9.79 Å². The Morgan fingerprint density at radius 3 is 2.96 bits per heavy atom. The minimum Gasteiger partial charge on any atom is -0.466 e. The van der Waals surface area contributed by atoms with Crippen molar-refractivity contribution >= 4 is 11.9 Å². The average Bonchev–Trinajstić information content (AvgIpc) is 2.57. The summed E-state index contributed by atoms with van der Waals surface area (Å²) in [5, 5.41) is 3.17. The summed E-state index contributed by atoms with van der Waals surface area (Å²) in [6, 6.07) is 6.66. The summed E-state index contributed by atoms with van der Waals surface area (Å²) in [5.41, 5.74) is 0.590. The number of piperidine rings is 1. The van der Waals surface area contributed by atoms with E-state index in [1.54, 1.807) is 25.2 Å². The van der Waals surface area contributed by atoms with Crippen molar-refractivity contribution in [1.82, 2.24) is 10.2 Å². The lowest BCUT2D eigenvalue weighted by atomic mass is 9.98. The number of carbonyl (C=O) groups excluding carboxylic acids is 1. The second-order valence-corrected chi connectivity index (χ2v) is 5.53. The molecule has 0 amide bonds. The van der Waals surface area contributed by atoms with Crippen LogP contribution in [0.4, 0.5) is 4.39 Å². The van der Waals surface area contributed by atoms with Crippen molar-refractivity contribution in [1.29, 1.82) is 0 Å². The van der Waals surface area contributed by atoms with Gasteiger partial charge >= 0.3 is 5.97 Å². The summed E-state index contributed by atoms with van der Waals surface area (Å²) in [4.78, 5) is 18.2. The predicted molar refractivity (Wildman–Crippen MR) is 87.5 cm³/mol. The van der Waals surface area contributed by atoms with Crippen molar-refractivity contribution in [3.8, 4) is 0 Å². The van der Waals surface area contributed by atoms with Crippen LogP contribution in [0.3, 0.4) is 0 Å². The molecule has 1 fully saturated rings. The number of guanidine groups is 1. The maximum Gasteiger partial charge on any atom is 0.310 e. The van der Waals surface area contributed by atoms with E-state index in [0.717, 1.165) is 19.4 Å². The first-order valence-corrected chi connectivity index (χ1v) is 8.01. The molecule has 0 aliphatic carbocycles. The van der Waals surface area contributed by atoms with Crippen LogP contribution in [0.5, 0.6) is 0 Å². The normalized spacial score (nSPS) is 18.7. The molecule has 1 N–H and O–H groups in total. The average molecular weight is 321 g/mol. The molecule has 6 heteroatoms. The highest BCUT2D eigenvalue weighted by atomic mass is 19.1. The molecule has 0 aromatic heterocycles. The molecular weight excluding hydrogens is 297 g/mol. The number of aliphatic imine (C=N–C) groups is 1. The summed E-state index contributed by atoms with van der Waals surface area (Å²) < 4.78 is 18.8. The van der Waals surface area contributed by atoms with Crippen molar-refractivity contribution in [2.75, 3.05) is 26.7 Å². The number of carbonyl (C=O) groups is 1.